The maximum Gasteiger partial charge on any atom is 0.238 e. The summed E-state index contributed by atoms with van der Waals surface area (Å²) in [6, 6.07) is 5.49. The molecule has 3 N–H and O–H groups in total. The molecule has 1 aromatic carbocycles. The molecule has 3 rings (SSSR count). The SMILES string of the molecule is Cc1c(Cl)cccc1NC(=O)CN1CCCC(CNC(=O)C2CCCN2)C1. The minimum absolute atomic E-state index is 0.0276. The van der Waals surface area contributed by atoms with Crippen LogP contribution in [0, 0.1) is 12.8 Å². The summed E-state index contributed by atoms with van der Waals surface area (Å²) in [6.45, 7) is 5.62. The van der Waals surface area contributed by atoms with Crippen LogP contribution in [0.4, 0.5) is 5.69 Å². The number of rotatable bonds is 6. The minimum Gasteiger partial charge on any atom is -0.354 e. The van der Waals surface area contributed by atoms with Gasteiger partial charge in [-0.3, -0.25) is 14.5 Å². The first-order valence-electron chi connectivity index (χ1n) is 9.81. The number of nitrogens with one attached hydrogen (secondary N) is 3. The average Bonchev–Trinajstić information content (AvgIpc) is 3.19. The zero-order chi connectivity index (χ0) is 19.2. The number of halogens is 1. The second-order valence-corrected chi connectivity index (χ2v) is 8.01. The largest absolute Gasteiger partial charge is 0.354 e. The highest BCUT2D eigenvalue weighted by atomic mass is 35.5. The predicted molar refractivity (Wildman–Crippen MR) is 108 cm³/mol. The molecule has 2 aliphatic heterocycles. The van der Waals surface area contributed by atoms with Crippen molar-refractivity contribution in [3.63, 3.8) is 0 Å². The third kappa shape index (κ3) is 5.67. The third-order valence-corrected chi connectivity index (χ3v) is 5.86. The van der Waals surface area contributed by atoms with E-state index in [0.29, 0.717) is 24.0 Å². The Labute approximate surface area is 166 Å². The Bertz CT molecular complexity index is 676. The van der Waals surface area contributed by atoms with Crippen LogP contribution in [0.1, 0.15) is 31.2 Å². The summed E-state index contributed by atoms with van der Waals surface area (Å²) in [4.78, 5) is 26.7. The molecule has 0 radical (unpaired) electrons. The van der Waals surface area contributed by atoms with Crippen molar-refractivity contribution in [2.24, 2.45) is 5.92 Å². The van der Waals surface area contributed by atoms with Crippen LogP contribution in [0.5, 0.6) is 0 Å². The minimum atomic E-state index is -0.0311. The number of hydrogen-bond acceptors (Lipinski definition) is 4. The van der Waals surface area contributed by atoms with Crippen molar-refractivity contribution in [2.75, 3.05) is 38.0 Å². The second kappa shape index (κ2) is 9.53. The first-order valence-corrected chi connectivity index (χ1v) is 10.2. The molecule has 1 aromatic rings. The summed E-state index contributed by atoms with van der Waals surface area (Å²) in [5.41, 5.74) is 1.64. The summed E-state index contributed by atoms with van der Waals surface area (Å²) in [5, 5.41) is 9.91. The second-order valence-electron chi connectivity index (χ2n) is 7.60. The molecule has 0 spiro atoms. The van der Waals surface area contributed by atoms with Crippen LogP contribution in [-0.2, 0) is 9.59 Å². The number of hydrogen-bond donors (Lipinski definition) is 3. The highest BCUT2D eigenvalue weighted by Gasteiger charge is 2.25. The first kappa shape index (κ1) is 20.1. The third-order valence-electron chi connectivity index (χ3n) is 5.45. The van der Waals surface area contributed by atoms with E-state index < -0.39 is 0 Å². The lowest BCUT2D eigenvalue weighted by atomic mass is 9.98. The van der Waals surface area contributed by atoms with Crippen LogP contribution in [0.15, 0.2) is 18.2 Å². The van der Waals surface area contributed by atoms with Gasteiger partial charge in [-0.25, -0.2) is 0 Å². The lowest BCUT2D eigenvalue weighted by Crippen LogP contribution is -2.46. The van der Waals surface area contributed by atoms with Gasteiger partial charge in [-0.1, -0.05) is 17.7 Å². The van der Waals surface area contributed by atoms with E-state index in [1.807, 2.05) is 25.1 Å². The Kier molecular flexibility index (Phi) is 7.10. The van der Waals surface area contributed by atoms with E-state index in [1.165, 1.54) is 0 Å². The Morgan fingerprint density at radius 1 is 1.30 bits per heavy atom. The molecule has 2 fully saturated rings. The fraction of sp³-hybridized carbons (Fsp3) is 0.600. The number of piperidine rings is 1. The number of benzene rings is 1. The van der Waals surface area contributed by atoms with Gasteiger partial charge in [0.15, 0.2) is 0 Å². The molecule has 2 heterocycles. The molecular weight excluding hydrogens is 364 g/mol. The van der Waals surface area contributed by atoms with Gasteiger partial charge in [0.05, 0.1) is 12.6 Å². The van der Waals surface area contributed by atoms with Crippen molar-refractivity contribution < 1.29 is 9.59 Å². The van der Waals surface area contributed by atoms with Crippen molar-refractivity contribution in [2.45, 2.75) is 38.6 Å². The molecule has 2 amide bonds. The maximum atomic E-state index is 12.4. The van der Waals surface area contributed by atoms with E-state index in [0.717, 1.165) is 56.6 Å². The molecule has 27 heavy (non-hydrogen) atoms. The molecule has 0 aliphatic carbocycles. The summed E-state index contributed by atoms with van der Waals surface area (Å²) >= 11 is 6.11. The number of nitrogens with zero attached hydrogens (tertiary/aromatic N) is 1. The Balaban J connectivity index is 1.44. The van der Waals surface area contributed by atoms with Crippen molar-refractivity contribution in [1.29, 1.82) is 0 Å². The molecule has 0 aromatic heterocycles. The first-order chi connectivity index (χ1) is 13.0. The van der Waals surface area contributed by atoms with Crippen molar-refractivity contribution in [1.82, 2.24) is 15.5 Å². The molecule has 2 aliphatic rings. The van der Waals surface area contributed by atoms with Crippen LogP contribution >= 0.6 is 11.6 Å². The predicted octanol–water partition coefficient (Wildman–Crippen LogP) is 2.17. The molecular formula is C20H29ClN4O2. The summed E-state index contributed by atoms with van der Waals surface area (Å²) in [7, 11) is 0. The lowest BCUT2D eigenvalue weighted by molar-refractivity contribution is -0.123. The van der Waals surface area contributed by atoms with E-state index in [-0.39, 0.29) is 17.9 Å². The topological polar surface area (TPSA) is 73.5 Å². The van der Waals surface area contributed by atoms with Crippen LogP contribution < -0.4 is 16.0 Å². The smallest absolute Gasteiger partial charge is 0.238 e. The van der Waals surface area contributed by atoms with E-state index in [9.17, 15) is 9.59 Å². The van der Waals surface area contributed by atoms with Gasteiger partial charge in [0.2, 0.25) is 11.8 Å². The van der Waals surface area contributed by atoms with Gasteiger partial charge in [0.25, 0.3) is 0 Å². The van der Waals surface area contributed by atoms with E-state index in [2.05, 4.69) is 20.9 Å². The van der Waals surface area contributed by atoms with Crippen LogP contribution in [0.3, 0.4) is 0 Å². The maximum absolute atomic E-state index is 12.4. The standard InChI is InChI=1S/C20H29ClN4O2/c1-14-16(21)6-2-7-17(14)24-19(26)13-25-10-4-5-15(12-25)11-23-20(27)18-8-3-9-22-18/h2,6-7,15,18,22H,3-5,8-13H2,1H3,(H,23,27)(H,24,26). The number of amides is 2. The van der Waals surface area contributed by atoms with Gasteiger partial charge in [-0.15, -0.1) is 0 Å². The molecule has 0 saturated carbocycles. The van der Waals surface area contributed by atoms with Crippen LogP contribution in [0.2, 0.25) is 5.02 Å². The Hall–Kier alpha value is -1.63. The van der Waals surface area contributed by atoms with Gasteiger partial charge in [-0.2, -0.15) is 0 Å². The van der Waals surface area contributed by atoms with Crippen molar-refractivity contribution in [3.8, 4) is 0 Å². The van der Waals surface area contributed by atoms with Gasteiger partial charge in [0, 0.05) is 23.8 Å². The molecule has 6 nitrogen and oxygen atoms in total. The number of anilines is 1. The van der Waals surface area contributed by atoms with E-state index >= 15 is 0 Å². The monoisotopic (exact) mass is 392 g/mol. The zero-order valence-electron chi connectivity index (χ0n) is 15.9. The van der Waals surface area contributed by atoms with Gasteiger partial charge < -0.3 is 16.0 Å². The van der Waals surface area contributed by atoms with Crippen LogP contribution in [-0.4, -0.2) is 55.5 Å². The van der Waals surface area contributed by atoms with Gasteiger partial charge >= 0.3 is 0 Å². The normalized spacial score (nSPS) is 23.2. The fourth-order valence-electron chi connectivity index (χ4n) is 3.87. The van der Waals surface area contributed by atoms with Gasteiger partial charge in [0.1, 0.15) is 0 Å². The Morgan fingerprint density at radius 3 is 2.93 bits per heavy atom. The molecule has 2 atom stereocenters. The highest BCUT2D eigenvalue weighted by molar-refractivity contribution is 6.31. The molecule has 7 heteroatoms. The quantitative estimate of drug-likeness (QED) is 0.693. The Morgan fingerprint density at radius 2 is 2.15 bits per heavy atom. The molecule has 2 unspecified atom stereocenters. The summed E-state index contributed by atoms with van der Waals surface area (Å²) in [6.07, 6.45) is 4.12. The zero-order valence-corrected chi connectivity index (χ0v) is 16.6. The number of carbonyl (C=O) groups is 2. The molecule has 2 saturated heterocycles. The van der Waals surface area contributed by atoms with E-state index in [4.69, 9.17) is 11.6 Å². The average molecular weight is 393 g/mol. The lowest BCUT2D eigenvalue weighted by Gasteiger charge is -2.32. The van der Waals surface area contributed by atoms with Crippen molar-refractivity contribution in [3.05, 3.63) is 28.8 Å². The molecule has 0 bridgehead atoms. The van der Waals surface area contributed by atoms with Crippen molar-refractivity contribution >= 4 is 29.1 Å². The fourth-order valence-corrected chi connectivity index (χ4v) is 4.05. The summed E-state index contributed by atoms with van der Waals surface area (Å²) < 4.78 is 0. The number of carbonyl (C=O) groups excluding carboxylic acids is 2. The molecule has 148 valence electrons. The van der Waals surface area contributed by atoms with Crippen LogP contribution in [0.25, 0.3) is 0 Å². The highest BCUT2D eigenvalue weighted by Crippen LogP contribution is 2.23. The van der Waals surface area contributed by atoms with Gasteiger partial charge in [-0.05, 0) is 69.3 Å². The van der Waals surface area contributed by atoms with E-state index in [1.54, 1.807) is 0 Å². The summed E-state index contributed by atoms with van der Waals surface area (Å²) in [5.74, 6) is 0.476. The number of likely N-dealkylation sites (tertiary alicyclic amines) is 1.